The molecule has 0 aromatic heterocycles. The van der Waals surface area contributed by atoms with Gasteiger partial charge in [0, 0.05) is 12.7 Å². The number of nitrogens with zero attached hydrogens (tertiary/aromatic N) is 2. The van der Waals surface area contributed by atoms with Crippen molar-refractivity contribution in [3.63, 3.8) is 0 Å². The van der Waals surface area contributed by atoms with Crippen LogP contribution in [0.4, 0.5) is 4.39 Å². The van der Waals surface area contributed by atoms with E-state index in [0.717, 1.165) is 0 Å². The molecule has 2 aliphatic heterocycles. The molecule has 0 aromatic rings. The number of rotatable bonds is 2. The summed E-state index contributed by atoms with van der Waals surface area (Å²) in [5.41, 5.74) is 0. The van der Waals surface area contributed by atoms with Gasteiger partial charge in [-0.25, -0.2) is 9.38 Å². The Balaban J connectivity index is 2.04. The van der Waals surface area contributed by atoms with Crippen LogP contribution in [0, 0.1) is 0 Å². The molecule has 6 heteroatoms. The van der Waals surface area contributed by atoms with Gasteiger partial charge in [-0.1, -0.05) is 0 Å². The standard InChI is InChI=1S/C9H13FN2O3/c10-7-8(14)6(4-13)15-9(7)12-3-1-2-11-5-12/h1-2,5-9,13-14H,3-4H2/t6-,7-,8-,9-/m1/s1. The first-order valence-corrected chi connectivity index (χ1v) is 4.76. The summed E-state index contributed by atoms with van der Waals surface area (Å²) in [4.78, 5) is 5.39. The average molecular weight is 216 g/mol. The minimum atomic E-state index is -1.53. The Labute approximate surface area is 86.5 Å². The largest absolute Gasteiger partial charge is 0.394 e. The van der Waals surface area contributed by atoms with Crippen LogP contribution in [0.3, 0.4) is 0 Å². The van der Waals surface area contributed by atoms with Crippen LogP contribution < -0.4 is 0 Å². The molecule has 0 radical (unpaired) electrons. The minimum Gasteiger partial charge on any atom is -0.394 e. The third-order valence-corrected chi connectivity index (χ3v) is 2.52. The predicted octanol–water partition coefficient (Wildman–Crippen LogP) is -0.740. The molecule has 15 heavy (non-hydrogen) atoms. The van der Waals surface area contributed by atoms with Gasteiger partial charge in [-0.15, -0.1) is 0 Å². The zero-order valence-electron chi connectivity index (χ0n) is 8.03. The molecule has 1 saturated heterocycles. The van der Waals surface area contributed by atoms with Crippen molar-refractivity contribution in [1.29, 1.82) is 0 Å². The molecule has 5 nitrogen and oxygen atoms in total. The molecule has 2 N–H and O–H groups in total. The molecule has 0 spiro atoms. The normalized spacial score (nSPS) is 40.1. The summed E-state index contributed by atoms with van der Waals surface area (Å²) in [6, 6.07) is 0. The Kier molecular flexibility index (Phi) is 2.99. The van der Waals surface area contributed by atoms with Crippen molar-refractivity contribution in [2.45, 2.75) is 24.6 Å². The van der Waals surface area contributed by atoms with E-state index in [4.69, 9.17) is 9.84 Å². The maximum absolute atomic E-state index is 13.6. The molecule has 2 heterocycles. The molecule has 0 aromatic carbocycles. The first-order chi connectivity index (χ1) is 7.24. The number of ether oxygens (including phenoxy) is 1. The van der Waals surface area contributed by atoms with Gasteiger partial charge in [0.05, 0.1) is 12.9 Å². The molecule has 2 rings (SSSR count). The summed E-state index contributed by atoms with van der Waals surface area (Å²) in [5.74, 6) is 0. The van der Waals surface area contributed by atoms with Gasteiger partial charge < -0.3 is 19.8 Å². The van der Waals surface area contributed by atoms with Crippen molar-refractivity contribution < 1.29 is 19.3 Å². The highest BCUT2D eigenvalue weighted by atomic mass is 19.1. The van der Waals surface area contributed by atoms with Gasteiger partial charge in [0.1, 0.15) is 12.2 Å². The van der Waals surface area contributed by atoms with Crippen molar-refractivity contribution in [3.05, 3.63) is 12.3 Å². The Hall–Kier alpha value is -0.980. The van der Waals surface area contributed by atoms with Gasteiger partial charge in [0.2, 0.25) is 0 Å². The lowest BCUT2D eigenvalue weighted by Crippen LogP contribution is -2.42. The van der Waals surface area contributed by atoms with E-state index in [2.05, 4.69) is 4.99 Å². The quantitative estimate of drug-likeness (QED) is 0.638. The number of hydrogen-bond donors (Lipinski definition) is 2. The monoisotopic (exact) mass is 216 g/mol. The lowest BCUT2D eigenvalue weighted by Gasteiger charge is -2.27. The fourth-order valence-corrected chi connectivity index (χ4v) is 1.69. The first kappa shape index (κ1) is 10.5. The molecule has 0 amide bonds. The van der Waals surface area contributed by atoms with E-state index in [1.165, 1.54) is 6.34 Å². The molecule has 0 saturated carbocycles. The van der Waals surface area contributed by atoms with Gasteiger partial charge >= 0.3 is 0 Å². The fourth-order valence-electron chi connectivity index (χ4n) is 1.69. The van der Waals surface area contributed by atoms with Crippen LogP contribution in [-0.2, 0) is 4.74 Å². The summed E-state index contributed by atoms with van der Waals surface area (Å²) in [6.45, 7) is 0.0956. The van der Waals surface area contributed by atoms with E-state index in [1.54, 1.807) is 17.2 Å². The number of aliphatic hydroxyl groups is 2. The van der Waals surface area contributed by atoms with E-state index >= 15 is 0 Å². The average Bonchev–Trinajstić information content (AvgIpc) is 2.57. The summed E-state index contributed by atoms with van der Waals surface area (Å²) in [7, 11) is 0. The summed E-state index contributed by atoms with van der Waals surface area (Å²) in [6.07, 6.45) is 0.298. The highest BCUT2D eigenvalue weighted by Gasteiger charge is 2.46. The highest BCUT2D eigenvalue weighted by Crippen LogP contribution is 2.26. The van der Waals surface area contributed by atoms with Crippen LogP contribution in [0.5, 0.6) is 0 Å². The number of aliphatic hydroxyl groups excluding tert-OH is 2. The van der Waals surface area contributed by atoms with Crippen LogP contribution in [0.1, 0.15) is 0 Å². The third kappa shape index (κ3) is 1.88. The van der Waals surface area contributed by atoms with Crippen LogP contribution in [0.15, 0.2) is 17.3 Å². The topological polar surface area (TPSA) is 65.3 Å². The Morgan fingerprint density at radius 3 is 2.93 bits per heavy atom. The van der Waals surface area contributed by atoms with Crippen LogP contribution >= 0.6 is 0 Å². The fraction of sp³-hybridized carbons (Fsp3) is 0.667. The Morgan fingerprint density at radius 1 is 1.60 bits per heavy atom. The van der Waals surface area contributed by atoms with E-state index in [0.29, 0.717) is 6.54 Å². The van der Waals surface area contributed by atoms with E-state index < -0.39 is 24.6 Å². The number of halogens is 1. The highest BCUT2D eigenvalue weighted by molar-refractivity contribution is 5.58. The molecule has 1 fully saturated rings. The molecule has 0 bridgehead atoms. The minimum absolute atomic E-state index is 0.390. The maximum Gasteiger partial charge on any atom is 0.173 e. The number of alkyl halides is 1. The zero-order chi connectivity index (χ0) is 10.8. The van der Waals surface area contributed by atoms with Crippen molar-refractivity contribution in [2.24, 2.45) is 4.99 Å². The third-order valence-electron chi connectivity index (χ3n) is 2.52. The molecule has 0 aliphatic carbocycles. The molecular weight excluding hydrogens is 203 g/mol. The summed E-state index contributed by atoms with van der Waals surface area (Å²) >= 11 is 0. The summed E-state index contributed by atoms with van der Waals surface area (Å²) in [5, 5.41) is 18.3. The van der Waals surface area contributed by atoms with Gasteiger partial charge in [-0.05, 0) is 6.08 Å². The maximum atomic E-state index is 13.6. The zero-order valence-corrected chi connectivity index (χ0v) is 8.03. The second kappa shape index (κ2) is 4.26. The Bertz CT molecular complexity index is 285. The molecular formula is C9H13FN2O3. The van der Waals surface area contributed by atoms with E-state index in [1.807, 2.05) is 0 Å². The van der Waals surface area contributed by atoms with Crippen molar-refractivity contribution in [3.8, 4) is 0 Å². The van der Waals surface area contributed by atoms with Crippen LogP contribution in [0.2, 0.25) is 0 Å². The van der Waals surface area contributed by atoms with Crippen molar-refractivity contribution in [2.75, 3.05) is 13.2 Å². The van der Waals surface area contributed by atoms with Gasteiger partial charge in [0.25, 0.3) is 0 Å². The first-order valence-electron chi connectivity index (χ1n) is 4.76. The summed E-state index contributed by atoms with van der Waals surface area (Å²) < 4.78 is 18.8. The number of hydrogen-bond acceptors (Lipinski definition) is 5. The molecule has 0 unspecified atom stereocenters. The Morgan fingerprint density at radius 2 is 2.40 bits per heavy atom. The van der Waals surface area contributed by atoms with Crippen LogP contribution in [0.25, 0.3) is 0 Å². The van der Waals surface area contributed by atoms with E-state index in [-0.39, 0.29) is 6.61 Å². The van der Waals surface area contributed by atoms with E-state index in [9.17, 15) is 9.50 Å². The molecule has 84 valence electrons. The van der Waals surface area contributed by atoms with Gasteiger partial charge in [0.15, 0.2) is 12.4 Å². The van der Waals surface area contributed by atoms with Crippen molar-refractivity contribution >= 4 is 6.34 Å². The second-order valence-corrected chi connectivity index (χ2v) is 3.53. The molecule has 4 atom stereocenters. The second-order valence-electron chi connectivity index (χ2n) is 3.53. The van der Waals surface area contributed by atoms with Crippen LogP contribution in [-0.4, -0.2) is 59.2 Å². The lowest BCUT2D eigenvalue weighted by molar-refractivity contribution is -0.0595. The SMILES string of the molecule is OC[C@H]1O[C@@H](N2C=NC=CC2)[C@H](F)[C@@H]1O. The van der Waals surface area contributed by atoms with Crippen molar-refractivity contribution in [1.82, 2.24) is 4.90 Å². The van der Waals surface area contributed by atoms with Gasteiger partial charge in [-0.3, -0.25) is 0 Å². The molecule has 2 aliphatic rings. The lowest BCUT2D eigenvalue weighted by atomic mass is 10.1. The predicted molar refractivity (Wildman–Crippen MR) is 51.0 cm³/mol. The number of aliphatic imine (C=N–C) groups is 1. The smallest absolute Gasteiger partial charge is 0.173 e. The van der Waals surface area contributed by atoms with Gasteiger partial charge in [-0.2, -0.15) is 0 Å².